The summed E-state index contributed by atoms with van der Waals surface area (Å²) < 4.78 is 23.1. The smallest absolute Gasteiger partial charge is 0.337 e. The number of pyridine rings is 1. The van der Waals surface area contributed by atoms with Gasteiger partial charge in [0.25, 0.3) is 11.5 Å². The Balaban J connectivity index is 1.09. The third kappa shape index (κ3) is 5.19. The van der Waals surface area contributed by atoms with E-state index in [0.29, 0.717) is 31.4 Å². The molecule has 1 spiro atoms. The van der Waals surface area contributed by atoms with Gasteiger partial charge in [0, 0.05) is 38.8 Å². The number of carbonyl (C=O) groups is 1. The predicted octanol–water partition coefficient (Wildman–Crippen LogP) is 4.67. The number of halogens is 1. The molecule has 2 aromatic carbocycles. The molecule has 250 valence electrons. The number of hydrazine groups is 1. The molecule has 2 saturated heterocycles. The minimum Gasteiger partial charge on any atom is -0.373 e. The van der Waals surface area contributed by atoms with E-state index in [4.69, 9.17) is 4.74 Å². The van der Waals surface area contributed by atoms with Gasteiger partial charge in [-0.2, -0.15) is 0 Å². The second-order valence-electron chi connectivity index (χ2n) is 14.2. The molecule has 0 unspecified atom stereocenters. The van der Waals surface area contributed by atoms with Crippen LogP contribution in [-0.4, -0.2) is 78.9 Å². The summed E-state index contributed by atoms with van der Waals surface area (Å²) in [6, 6.07) is 16.9. The van der Waals surface area contributed by atoms with Gasteiger partial charge in [-0.25, -0.2) is 23.7 Å². The monoisotopic (exact) mass is 652 g/mol. The Labute approximate surface area is 278 Å². The number of aromatic nitrogens is 3. The number of ether oxygens (including phenoxy) is 1. The Morgan fingerprint density at radius 3 is 2.25 bits per heavy atom. The maximum absolute atomic E-state index is 14.5. The highest BCUT2D eigenvalue weighted by Crippen LogP contribution is 2.52. The number of morpholine rings is 1. The molecule has 11 heteroatoms. The molecule has 0 bridgehead atoms. The predicted molar refractivity (Wildman–Crippen MR) is 180 cm³/mol. The van der Waals surface area contributed by atoms with Crippen molar-refractivity contribution in [2.24, 2.45) is 0 Å². The van der Waals surface area contributed by atoms with Gasteiger partial charge in [0.15, 0.2) is 5.65 Å². The summed E-state index contributed by atoms with van der Waals surface area (Å²) in [4.78, 5) is 47.7. The summed E-state index contributed by atoms with van der Waals surface area (Å²) >= 11 is 0. The van der Waals surface area contributed by atoms with Crippen molar-refractivity contribution in [1.82, 2.24) is 29.0 Å². The normalized spacial score (nSPS) is 25.8. The first-order valence-corrected chi connectivity index (χ1v) is 17.1. The maximum Gasteiger partial charge on any atom is 0.337 e. The molecule has 10 nitrogen and oxygen atoms in total. The Kier molecular flexibility index (Phi) is 7.61. The lowest BCUT2D eigenvalue weighted by molar-refractivity contribution is -0.207. The summed E-state index contributed by atoms with van der Waals surface area (Å²) in [7, 11) is 1.98. The number of hydrogen-bond donors (Lipinski definition) is 0. The topological polar surface area (TPSA) is 92.9 Å². The fraction of sp³-hybridized carbons (Fsp3) is 0.459. The molecule has 4 fully saturated rings. The summed E-state index contributed by atoms with van der Waals surface area (Å²) in [5, 5.41) is 4.01. The SMILES string of the molecule is C[C@@H]1CN(Cc2ccc(-c3cccc(-n4c(=O)n(C5CCC(N6C(=O)C7(CC7)N6C)CC5)c(=O)c5cc(F)cnc54)c3)cc2)C[C@H](C)O1. The van der Waals surface area contributed by atoms with Crippen LogP contribution in [0.3, 0.4) is 0 Å². The Bertz CT molecular complexity index is 2000. The first-order chi connectivity index (χ1) is 23.1. The van der Waals surface area contributed by atoms with Gasteiger partial charge in [-0.3, -0.25) is 24.1 Å². The van der Waals surface area contributed by atoms with Crippen molar-refractivity contribution < 1.29 is 13.9 Å². The second-order valence-corrected chi connectivity index (χ2v) is 14.2. The standard InChI is InChI=1S/C37H41FN6O4/c1-23-20-41(21-24(2)48-23)22-25-7-9-26(10-8-25)27-5-4-6-31(17-27)42-33-32(18-28(38)19-39-33)34(45)43(36(42)47)29-11-13-30(14-12-29)44-35(46)37(15-16-37)40(44)3/h4-10,17-19,23-24,29-30H,11-16,20-22H2,1-3H3/t23-,24+,29?,30?. The van der Waals surface area contributed by atoms with Crippen molar-refractivity contribution in [3.05, 3.63) is 93.0 Å². The van der Waals surface area contributed by atoms with Gasteiger partial charge in [0.1, 0.15) is 11.4 Å². The van der Waals surface area contributed by atoms with E-state index in [1.807, 2.05) is 36.3 Å². The van der Waals surface area contributed by atoms with Gasteiger partial charge in [0.05, 0.1) is 29.5 Å². The zero-order valence-corrected chi connectivity index (χ0v) is 27.6. The van der Waals surface area contributed by atoms with Crippen LogP contribution in [0.5, 0.6) is 0 Å². The third-order valence-corrected chi connectivity index (χ3v) is 10.8. The van der Waals surface area contributed by atoms with Crippen LogP contribution in [0.25, 0.3) is 27.8 Å². The summed E-state index contributed by atoms with van der Waals surface area (Å²) in [5.41, 5.74) is 2.47. The van der Waals surface area contributed by atoms with E-state index in [0.717, 1.165) is 49.8 Å². The number of likely N-dealkylation sites (N-methyl/N-ethyl adjacent to an activating group) is 1. The number of rotatable bonds is 6. The second kappa shape index (κ2) is 11.7. The average Bonchev–Trinajstić information content (AvgIpc) is 3.90. The van der Waals surface area contributed by atoms with E-state index in [2.05, 4.69) is 53.0 Å². The molecule has 4 aliphatic rings. The van der Waals surface area contributed by atoms with E-state index in [9.17, 15) is 18.8 Å². The molecule has 2 aliphatic carbocycles. The number of benzene rings is 2. The fourth-order valence-electron chi connectivity index (χ4n) is 8.31. The zero-order valence-electron chi connectivity index (χ0n) is 27.6. The molecule has 1 amide bonds. The minimum atomic E-state index is -0.636. The lowest BCUT2D eigenvalue weighted by Crippen LogP contribution is -2.72. The van der Waals surface area contributed by atoms with Crippen molar-refractivity contribution in [1.29, 1.82) is 0 Å². The largest absolute Gasteiger partial charge is 0.373 e. The van der Waals surface area contributed by atoms with Crippen molar-refractivity contribution in [2.45, 2.75) is 88.7 Å². The highest BCUT2D eigenvalue weighted by molar-refractivity contribution is 5.94. The Morgan fingerprint density at radius 2 is 1.58 bits per heavy atom. The lowest BCUT2D eigenvalue weighted by Gasteiger charge is -2.53. The number of carbonyl (C=O) groups excluding carboxylic acids is 1. The zero-order chi connectivity index (χ0) is 33.3. The van der Waals surface area contributed by atoms with Crippen LogP contribution in [0, 0.1) is 5.82 Å². The molecule has 2 aliphatic heterocycles. The minimum absolute atomic E-state index is 0.0477. The van der Waals surface area contributed by atoms with Crippen LogP contribution in [-0.2, 0) is 16.1 Å². The lowest BCUT2D eigenvalue weighted by atomic mass is 9.89. The van der Waals surface area contributed by atoms with Crippen molar-refractivity contribution in [3.63, 3.8) is 0 Å². The van der Waals surface area contributed by atoms with E-state index >= 15 is 0 Å². The van der Waals surface area contributed by atoms with E-state index in [1.165, 1.54) is 20.8 Å². The van der Waals surface area contributed by atoms with Gasteiger partial charge in [-0.05, 0) is 87.3 Å². The Morgan fingerprint density at radius 1 is 0.896 bits per heavy atom. The highest BCUT2D eigenvalue weighted by atomic mass is 19.1. The third-order valence-electron chi connectivity index (χ3n) is 10.8. The number of amides is 1. The number of nitrogens with zero attached hydrogens (tertiary/aromatic N) is 6. The van der Waals surface area contributed by atoms with E-state index in [-0.39, 0.29) is 46.8 Å². The molecule has 2 aromatic heterocycles. The van der Waals surface area contributed by atoms with Crippen LogP contribution in [0.4, 0.5) is 4.39 Å². The van der Waals surface area contributed by atoms with Crippen LogP contribution < -0.4 is 11.2 Å². The summed E-state index contributed by atoms with van der Waals surface area (Å²) in [5.74, 6) is -0.445. The molecule has 48 heavy (non-hydrogen) atoms. The molecular formula is C37H41FN6O4. The number of fused-ring (bicyclic) bond motifs is 1. The molecule has 8 rings (SSSR count). The van der Waals surface area contributed by atoms with E-state index in [1.54, 1.807) is 0 Å². The number of hydrogen-bond acceptors (Lipinski definition) is 7. The van der Waals surface area contributed by atoms with Crippen molar-refractivity contribution in [2.75, 3.05) is 20.1 Å². The highest BCUT2D eigenvalue weighted by Gasteiger charge is 2.66. The van der Waals surface area contributed by atoms with Crippen LogP contribution in [0.1, 0.15) is 64.0 Å². The molecule has 4 heterocycles. The fourth-order valence-corrected chi connectivity index (χ4v) is 8.31. The van der Waals surface area contributed by atoms with Gasteiger partial charge in [0.2, 0.25) is 0 Å². The average molecular weight is 653 g/mol. The van der Waals surface area contributed by atoms with Gasteiger partial charge in [-0.1, -0.05) is 36.4 Å². The molecule has 2 atom stereocenters. The maximum atomic E-state index is 14.5. The molecule has 0 radical (unpaired) electrons. The summed E-state index contributed by atoms with van der Waals surface area (Å²) in [6.07, 6.45) is 5.75. The first kappa shape index (κ1) is 31.1. The van der Waals surface area contributed by atoms with Crippen LogP contribution in [0.2, 0.25) is 0 Å². The summed E-state index contributed by atoms with van der Waals surface area (Å²) in [6.45, 7) is 6.85. The molecule has 2 saturated carbocycles. The van der Waals surface area contributed by atoms with Gasteiger partial charge in [-0.15, -0.1) is 0 Å². The van der Waals surface area contributed by atoms with Crippen LogP contribution in [0.15, 0.2) is 70.4 Å². The first-order valence-electron chi connectivity index (χ1n) is 17.1. The molecule has 4 aromatic rings. The van der Waals surface area contributed by atoms with Gasteiger partial charge >= 0.3 is 5.69 Å². The molecular weight excluding hydrogens is 611 g/mol. The van der Waals surface area contributed by atoms with Crippen molar-refractivity contribution in [3.8, 4) is 16.8 Å². The quantitative estimate of drug-likeness (QED) is 0.299. The van der Waals surface area contributed by atoms with E-state index < -0.39 is 17.1 Å². The molecule has 0 N–H and O–H groups in total. The van der Waals surface area contributed by atoms with Gasteiger partial charge < -0.3 is 4.74 Å². The Hall–Kier alpha value is -4.19. The van der Waals surface area contributed by atoms with Crippen molar-refractivity contribution >= 4 is 16.9 Å². The van der Waals surface area contributed by atoms with Crippen LogP contribution >= 0.6 is 0 Å².